The molecular weight excluding hydrogens is 342 g/mol. The highest BCUT2D eigenvalue weighted by Gasteiger charge is 2.20. The van der Waals surface area contributed by atoms with E-state index in [1.807, 2.05) is 39.8 Å². The molecule has 0 saturated heterocycles. The highest BCUT2D eigenvalue weighted by Crippen LogP contribution is 2.13. The largest absolute Gasteiger partial charge is 0.453 e. The van der Waals surface area contributed by atoms with E-state index in [1.165, 1.54) is 6.92 Å². The molecule has 1 unspecified atom stereocenters. The SMILES string of the molecule is Cc1cc(C)cc(C(=O)NCC(=O)OC(C)C(=O)c2ccc(C)c(C)c2)c1. The number of benzene rings is 2. The fourth-order valence-electron chi connectivity index (χ4n) is 2.78. The summed E-state index contributed by atoms with van der Waals surface area (Å²) < 4.78 is 5.17. The summed E-state index contributed by atoms with van der Waals surface area (Å²) in [4.78, 5) is 36.6. The maximum absolute atomic E-state index is 12.4. The molecule has 0 radical (unpaired) electrons. The van der Waals surface area contributed by atoms with Crippen molar-refractivity contribution in [2.75, 3.05) is 6.54 Å². The summed E-state index contributed by atoms with van der Waals surface area (Å²) in [6, 6.07) is 10.8. The molecule has 1 N–H and O–H groups in total. The number of Topliss-reactive ketones (excluding diaryl/α,β-unsaturated/α-hetero) is 1. The van der Waals surface area contributed by atoms with E-state index >= 15 is 0 Å². The molecular formula is C22H25NO4. The van der Waals surface area contributed by atoms with Crippen LogP contribution in [0.15, 0.2) is 36.4 Å². The second-order valence-electron chi connectivity index (χ2n) is 6.85. The Balaban J connectivity index is 1.91. The number of aryl methyl sites for hydroxylation is 4. The molecule has 5 heteroatoms. The van der Waals surface area contributed by atoms with Gasteiger partial charge < -0.3 is 10.1 Å². The molecule has 142 valence electrons. The van der Waals surface area contributed by atoms with Gasteiger partial charge in [-0.2, -0.15) is 0 Å². The van der Waals surface area contributed by atoms with E-state index in [1.54, 1.807) is 24.3 Å². The average molecular weight is 367 g/mol. The van der Waals surface area contributed by atoms with Gasteiger partial charge >= 0.3 is 5.97 Å². The summed E-state index contributed by atoms with van der Waals surface area (Å²) in [5.74, 6) is -1.28. The third kappa shape index (κ3) is 5.51. The van der Waals surface area contributed by atoms with E-state index in [-0.39, 0.29) is 18.2 Å². The van der Waals surface area contributed by atoms with E-state index in [0.29, 0.717) is 11.1 Å². The fraction of sp³-hybridized carbons (Fsp3) is 0.318. The van der Waals surface area contributed by atoms with Gasteiger partial charge in [-0.15, -0.1) is 0 Å². The second-order valence-corrected chi connectivity index (χ2v) is 6.85. The molecule has 1 amide bonds. The first-order valence-electron chi connectivity index (χ1n) is 8.85. The normalized spacial score (nSPS) is 11.6. The molecule has 1 atom stereocenters. The molecule has 2 aromatic carbocycles. The number of hydrogen-bond donors (Lipinski definition) is 1. The minimum Gasteiger partial charge on any atom is -0.453 e. The molecule has 0 aliphatic heterocycles. The standard InChI is InChI=1S/C22H25NO4/c1-13-8-14(2)10-19(9-13)22(26)23-12-20(24)27-17(5)21(25)18-7-6-15(3)16(4)11-18/h6-11,17H,12H2,1-5H3,(H,23,26). The van der Waals surface area contributed by atoms with Crippen molar-refractivity contribution in [2.45, 2.75) is 40.7 Å². The van der Waals surface area contributed by atoms with Gasteiger partial charge in [-0.1, -0.05) is 29.3 Å². The fourth-order valence-corrected chi connectivity index (χ4v) is 2.78. The van der Waals surface area contributed by atoms with E-state index in [9.17, 15) is 14.4 Å². The quantitative estimate of drug-likeness (QED) is 0.627. The average Bonchev–Trinajstić information content (AvgIpc) is 2.60. The first kappa shape index (κ1) is 20.4. The monoisotopic (exact) mass is 367 g/mol. The zero-order chi connectivity index (χ0) is 20.1. The van der Waals surface area contributed by atoms with Crippen molar-refractivity contribution in [3.8, 4) is 0 Å². The molecule has 5 nitrogen and oxygen atoms in total. The summed E-state index contributed by atoms with van der Waals surface area (Å²) in [6.45, 7) is 8.92. The predicted molar refractivity (Wildman–Crippen MR) is 104 cm³/mol. The predicted octanol–water partition coefficient (Wildman–Crippen LogP) is 3.46. The van der Waals surface area contributed by atoms with Gasteiger partial charge in [0.1, 0.15) is 6.54 Å². The topological polar surface area (TPSA) is 72.5 Å². The summed E-state index contributed by atoms with van der Waals surface area (Å²) >= 11 is 0. The summed E-state index contributed by atoms with van der Waals surface area (Å²) in [5, 5.41) is 2.53. The number of carbonyl (C=O) groups excluding carboxylic acids is 3. The van der Waals surface area contributed by atoms with Crippen LogP contribution >= 0.6 is 0 Å². The molecule has 0 aromatic heterocycles. The van der Waals surface area contributed by atoms with Crippen molar-refractivity contribution in [2.24, 2.45) is 0 Å². The number of amides is 1. The van der Waals surface area contributed by atoms with E-state index in [2.05, 4.69) is 5.32 Å². The minimum absolute atomic E-state index is 0.271. The maximum atomic E-state index is 12.4. The van der Waals surface area contributed by atoms with Crippen molar-refractivity contribution in [3.63, 3.8) is 0 Å². The minimum atomic E-state index is -0.919. The first-order valence-corrected chi connectivity index (χ1v) is 8.85. The van der Waals surface area contributed by atoms with Crippen LogP contribution in [0.5, 0.6) is 0 Å². The molecule has 0 fully saturated rings. The van der Waals surface area contributed by atoms with Gasteiger partial charge in [-0.25, -0.2) is 0 Å². The number of ether oxygens (including phenoxy) is 1. The molecule has 0 bridgehead atoms. The van der Waals surface area contributed by atoms with Crippen LogP contribution in [-0.2, 0) is 9.53 Å². The zero-order valence-electron chi connectivity index (χ0n) is 16.4. The smallest absolute Gasteiger partial charge is 0.326 e. The van der Waals surface area contributed by atoms with Crippen molar-refractivity contribution in [1.82, 2.24) is 5.32 Å². The van der Waals surface area contributed by atoms with Crippen LogP contribution < -0.4 is 5.32 Å². The number of nitrogens with one attached hydrogen (secondary N) is 1. The Labute approximate surface area is 159 Å². The Bertz CT molecular complexity index is 866. The highest BCUT2D eigenvalue weighted by atomic mass is 16.5. The van der Waals surface area contributed by atoms with E-state index < -0.39 is 12.1 Å². The van der Waals surface area contributed by atoms with Crippen LogP contribution in [-0.4, -0.2) is 30.3 Å². The zero-order valence-corrected chi connectivity index (χ0v) is 16.4. The molecule has 0 spiro atoms. The van der Waals surface area contributed by atoms with Gasteiger partial charge in [0, 0.05) is 11.1 Å². The van der Waals surface area contributed by atoms with Gasteiger partial charge in [0.05, 0.1) is 0 Å². The first-order chi connectivity index (χ1) is 12.7. The van der Waals surface area contributed by atoms with Crippen molar-refractivity contribution in [3.05, 3.63) is 69.8 Å². The Kier molecular flexibility index (Phi) is 6.50. The molecule has 2 rings (SSSR count). The summed E-state index contributed by atoms with van der Waals surface area (Å²) in [6.07, 6.45) is -0.919. The Morgan fingerprint density at radius 2 is 1.52 bits per heavy atom. The van der Waals surface area contributed by atoms with Gasteiger partial charge in [-0.3, -0.25) is 14.4 Å². The van der Waals surface area contributed by atoms with Gasteiger partial charge in [0.25, 0.3) is 5.91 Å². The van der Waals surface area contributed by atoms with Crippen LogP contribution in [0.4, 0.5) is 0 Å². The highest BCUT2D eigenvalue weighted by molar-refractivity contribution is 6.01. The second kappa shape index (κ2) is 8.62. The molecule has 0 aliphatic rings. The van der Waals surface area contributed by atoms with E-state index in [4.69, 9.17) is 4.74 Å². The van der Waals surface area contributed by atoms with Crippen LogP contribution in [0.25, 0.3) is 0 Å². The molecule has 0 saturated carbocycles. The maximum Gasteiger partial charge on any atom is 0.326 e. The molecule has 2 aromatic rings. The molecule has 0 heterocycles. The lowest BCUT2D eigenvalue weighted by molar-refractivity contribution is -0.145. The number of ketones is 1. The lowest BCUT2D eigenvalue weighted by Crippen LogP contribution is -2.34. The summed E-state index contributed by atoms with van der Waals surface area (Å²) in [5.41, 5.74) is 5.01. The summed E-state index contributed by atoms with van der Waals surface area (Å²) in [7, 11) is 0. The van der Waals surface area contributed by atoms with Crippen LogP contribution in [0.2, 0.25) is 0 Å². The lowest BCUT2D eigenvalue weighted by atomic mass is 10.0. The van der Waals surface area contributed by atoms with Crippen LogP contribution in [0.1, 0.15) is 49.9 Å². The number of carbonyl (C=O) groups is 3. The number of esters is 1. The van der Waals surface area contributed by atoms with Crippen LogP contribution in [0, 0.1) is 27.7 Å². The molecule has 0 aliphatic carbocycles. The third-order valence-electron chi connectivity index (χ3n) is 4.35. The number of rotatable bonds is 6. The van der Waals surface area contributed by atoms with Crippen molar-refractivity contribution >= 4 is 17.7 Å². The Morgan fingerprint density at radius 1 is 0.889 bits per heavy atom. The Morgan fingerprint density at radius 3 is 2.11 bits per heavy atom. The van der Waals surface area contributed by atoms with E-state index in [0.717, 1.165) is 22.3 Å². The van der Waals surface area contributed by atoms with Gasteiger partial charge in [0.2, 0.25) is 5.78 Å². The lowest BCUT2D eigenvalue weighted by Gasteiger charge is -2.14. The van der Waals surface area contributed by atoms with Crippen molar-refractivity contribution in [1.29, 1.82) is 0 Å². The third-order valence-corrected chi connectivity index (χ3v) is 4.35. The Hall–Kier alpha value is -2.95. The number of hydrogen-bond acceptors (Lipinski definition) is 4. The molecule has 27 heavy (non-hydrogen) atoms. The van der Waals surface area contributed by atoms with Crippen LogP contribution in [0.3, 0.4) is 0 Å². The van der Waals surface area contributed by atoms with Gasteiger partial charge in [-0.05, 0) is 63.9 Å². The van der Waals surface area contributed by atoms with Gasteiger partial charge in [0.15, 0.2) is 6.10 Å². The van der Waals surface area contributed by atoms with Crippen molar-refractivity contribution < 1.29 is 19.1 Å².